The molecule has 0 fully saturated rings. The van der Waals surface area contributed by atoms with E-state index in [4.69, 9.17) is 4.52 Å². The van der Waals surface area contributed by atoms with E-state index >= 15 is 0 Å². The molecular formula is C19H17N3O3. The van der Waals surface area contributed by atoms with Crippen LogP contribution in [0.15, 0.2) is 65.2 Å². The average Bonchev–Trinajstić information content (AvgIpc) is 3.14. The molecule has 2 aromatic carbocycles. The molecule has 3 aromatic rings. The molecule has 0 aliphatic rings. The molecule has 2 N–H and O–H groups in total. The van der Waals surface area contributed by atoms with Crippen molar-refractivity contribution in [1.82, 2.24) is 10.5 Å². The summed E-state index contributed by atoms with van der Waals surface area (Å²) in [6.07, 6.45) is 0.300. The summed E-state index contributed by atoms with van der Waals surface area (Å²) in [5.41, 5.74) is 2.54. The number of likely N-dealkylation sites (N-methyl/N-ethyl adjacent to an activating group) is 1. The van der Waals surface area contributed by atoms with Crippen LogP contribution in [0.3, 0.4) is 0 Å². The first-order valence-electron chi connectivity index (χ1n) is 7.79. The van der Waals surface area contributed by atoms with Crippen LogP contribution in [0.2, 0.25) is 0 Å². The predicted molar refractivity (Wildman–Crippen MR) is 94.1 cm³/mol. The van der Waals surface area contributed by atoms with E-state index in [0.29, 0.717) is 17.9 Å². The van der Waals surface area contributed by atoms with Crippen LogP contribution in [-0.4, -0.2) is 24.0 Å². The van der Waals surface area contributed by atoms with Crippen molar-refractivity contribution in [2.75, 3.05) is 12.4 Å². The molecule has 0 bridgehead atoms. The van der Waals surface area contributed by atoms with Crippen molar-refractivity contribution in [3.05, 3.63) is 71.9 Å². The molecule has 126 valence electrons. The second kappa shape index (κ2) is 7.44. The van der Waals surface area contributed by atoms with E-state index in [-0.39, 0.29) is 17.5 Å². The molecule has 0 spiro atoms. The van der Waals surface area contributed by atoms with Crippen LogP contribution in [0.25, 0.3) is 11.3 Å². The molecule has 2 amide bonds. The largest absolute Gasteiger partial charge is 0.359 e. The third-order valence-corrected chi connectivity index (χ3v) is 3.66. The number of rotatable bonds is 5. The fraction of sp³-hybridized carbons (Fsp3) is 0.105. The number of nitrogens with zero attached hydrogens (tertiary/aromatic N) is 1. The summed E-state index contributed by atoms with van der Waals surface area (Å²) in [7, 11) is 1.60. The van der Waals surface area contributed by atoms with Crippen molar-refractivity contribution in [2.45, 2.75) is 6.42 Å². The van der Waals surface area contributed by atoms with Crippen LogP contribution in [0, 0.1) is 0 Å². The molecule has 1 heterocycles. The molecule has 0 radical (unpaired) electrons. The van der Waals surface area contributed by atoms with E-state index in [1.54, 1.807) is 37.4 Å². The van der Waals surface area contributed by atoms with Gasteiger partial charge in [-0.2, -0.15) is 0 Å². The molecule has 1 aromatic heterocycles. The minimum absolute atomic E-state index is 0.0622. The summed E-state index contributed by atoms with van der Waals surface area (Å²) in [5.74, 6) is 0.115. The van der Waals surface area contributed by atoms with E-state index in [9.17, 15) is 9.59 Å². The zero-order chi connectivity index (χ0) is 17.6. The monoisotopic (exact) mass is 335 g/mol. The van der Waals surface area contributed by atoms with Gasteiger partial charge in [-0.3, -0.25) is 9.59 Å². The molecule has 0 aliphatic carbocycles. The van der Waals surface area contributed by atoms with Gasteiger partial charge in [0.15, 0.2) is 11.5 Å². The third kappa shape index (κ3) is 4.11. The number of hydrogen-bond donors (Lipinski definition) is 2. The average molecular weight is 335 g/mol. The van der Waals surface area contributed by atoms with Crippen molar-refractivity contribution in [2.24, 2.45) is 0 Å². The first kappa shape index (κ1) is 16.4. The fourth-order valence-electron chi connectivity index (χ4n) is 2.30. The Labute approximate surface area is 144 Å². The lowest BCUT2D eigenvalue weighted by atomic mass is 10.1. The molecule has 6 heteroatoms. The van der Waals surface area contributed by atoms with Crippen LogP contribution in [0.5, 0.6) is 0 Å². The number of benzene rings is 2. The number of aromatic nitrogens is 1. The molecule has 0 unspecified atom stereocenters. The second-order valence-electron chi connectivity index (χ2n) is 5.44. The van der Waals surface area contributed by atoms with Crippen LogP contribution >= 0.6 is 0 Å². The van der Waals surface area contributed by atoms with Gasteiger partial charge in [0.2, 0.25) is 5.91 Å². The number of nitrogens with one attached hydrogen (secondary N) is 2. The fourth-order valence-corrected chi connectivity index (χ4v) is 2.30. The second-order valence-corrected chi connectivity index (χ2v) is 5.44. The normalized spacial score (nSPS) is 10.3. The lowest BCUT2D eigenvalue weighted by Crippen LogP contribution is -2.19. The smallest absolute Gasteiger partial charge is 0.277 e. The summed E-state index contributed by atoms with van der Waals surface area (Å²) in [6, 6.07) is 18.1. The van der Waals surface area contributed by atoms with Crippen molar-refractivity contribution >= 4 is 17.5 Å². The Kier molecular flexibility index (Phi) is 4.89. The highest BCUT2D eigenvalue weighted by Gasteiger charge is 2.14. The molecule has 0 atom stereocenters. The third-order valence-electron chi connectivity index (χ3n) is 3.66. The van der Waals surface area contributed by atoms with Crippen LogP contribution in [0.4, 0.5) is 5.69 Å². The van der Waals surface area contributed by atoms with Gasteiger partial charge in [0.05, 0.1) is 6.42 Å². The summed E-state index contributed by atoms with van der Waals surface area (Å²) in [5, 5.41) is 9.14. The van der Waals surface area contributed by atoms with E-state index in [1.807, 2.05) is 30.3 Å². The van der Waals surface area contributed by atoms with Gasteiger partial charge in [-0.05, 0) is 17.7 Å². The molecule has 0 aliphatic heterocycles. The van der Waals surface area contributed by atoms with E-state index in [0.717, 1.165) is 11.1 Å². The van der Waals surface area contributed by atoms with Gasteiger partial charge >= 0.3 is 0 Å². The quantitative estimate of drug-likeness (QED) is 0.751. The Morgan fingerprint density at radius 3 is 2.44 bits per heavy atom. The highest BCUT2D eigenvalue weighted by atomic mass is 16.5. The minimum Gasteiger partial charge on any atom is -0.359 e. The maximum Gasteiger partial charge on any atom is 0.277 e. The molecule has 6 nitrogen and oxygen atoms in total. The number of amides is 2. The minimum atomic E-state index is -0.356. The molecule has 0 saturated carbocycles. The Bertz CT molecular complexity index is 870. The van der Waals surface area contributed by atoms with Crippen molar-refractivity contribution in [3.63, 3.8) is 0 Å². The van der Waals surface area contributed by atoms with E-state index < -0.39 is 0 Å². The standard InChI is InChI=1S/C19H17N3O3/c1-20-18(23)11-13-7-9-15(10-8-13)21-19(24)16-12-17(25-22-16)14-5-3-2-4-6-14/h2-10,12H,11H2,1H3,(H,20,23)(H,21,24). The summed E-state index contributed by atoms with van der Waals surface area (Å²) in [6.45, 7) is 0. The topological polar surface area (TPSA) is 84.2 Å². The zero-order valence-electron chi connectivity index (χ0n) is 13.7. The van der Waals surface area contributed by atoms with Crippen LogP contribution in [0.1, 0.15) is 16.1 Å². The van der Waals surface area contributed by atoms with Gasteiger partial charge < -0.3 is 15.2 Å². The van der Waals surface area contributed by atoms with Crippen molar-refractivity contribution in [3.8, 4) is 11.3 Å². The summed E-state index contributed by atoms with van der Waals surface area (Å²) < 4.78 is 5.23. The summed E-state index contributed by atoms with van der Waals surface area (Å²) >= 11 is 0. The maximum absolute atomic E-state index is 12.3. The number of carbonyl (C=O) groups excluding carboxylic acids is 2. The van der Waals surface area contributed by atoms with E-state index in [1.165, 1.54) is 0 Å². The number of anilines is 1. The first-order chi connectivity index (χ1) is 12.2. The number of carbonyl (C=O) groups is 2. The molecular weight excluding hydrogens is 318 g/mol. The van der Waals surface area contributed by atoms with Gasteiger partial charge in [-0.15, -0.1) is 0 Å². The Hall–Kier alpha value is -3.41. The van der Waals surface area contributed by atoms with Gasteiger partial charge in [-0.25, -0.2) is 0 Å². The maximum atomic E-state index is 12.3. The van der Waals surface area contributed by atoms with Gasteiger partial charge in [-0.1, -0.05) is 47.6 Å². The van der Waals surface area contributed by atoms with Crippen LogP contribution < -0.4 is 10.6 Å². The summed E-state index contributed by atoms with van der Waals surface area (Å²) in [4.78, 5) is 23.6. The zero-order valence-corrected chi connectivity index (χ0v) is 13.7. The first-order valence-corrected chi connectivity index (χ1v) is 7.79. The highest BCUT2D eigenvalue weighted by molar-refractivity contribution is 6.03. The van der Waals surface area contributed by atoms with Crippen molar-refractivity contribution < 1.29 is 14.1 Å². The molecule has 25 heavy (non-hydrogen) atoms. The lowest BCUT2D eigenvalue weighted by Gasteiger charge is -2.04. The van der Waals surface area contributed by atoms with E-state index in [2.05, 4.69) is 15.8 Å². The lowest BCUT2D eigenvalue weighted by molar-refractivity contribution is -0.119. The number of hydrogen-bond acceptors (Lipinski definition) is 4. The molecule has 0 saturated heterocycles. The SMILES string of the molecule is CNC(=O)Cc1ccc(NC(=O)c2cc(-c3ccccc3)on2)cc1. The Morgan fingerprint density at radius 2 is 1.76 bits per heavy atom. The highest BCUT2D eigenvalue weighted by Crippen LogP contribution is 2.20. The van der Waals surface area contributed by atoms with Gasteiger partial charge in [0.25, 0.3) is 5.91 Å². The Balaban J connectivity index is 1.66. The Morgan fingerprint density at radius 1 is 1.04 bits per heavy atom. The molecule has 3 rings (SSSR count). The van der Waals surface area contributed by atoms with Gasteiger partial charge in [0.1, 0.15) is 0 Å². The van der Waals surface area contributed by atoms with Gasteiger partial charge in [0, 0.05) is 24.4 Å². The van der Waals surface area contributed by atoms with Crippen molar-refractivity contribution in [1.29, 1.82) is 0 Å². The predicted octanol–water partition coefficient (Wildman–Crippen LogP) is 2.88. The van der Waals surface area contributed by atoms with Crippen LogP contribution in [-0.2, 0) is 11.2 Å².